The number of para-hydroxylation sites is 4. The Morgan fingerprint density at radius 1 is 0.333 bits per heavy atom. The zero-order valence-corrected chi connectivity index (χ0v) is 46.4. The average molecular weight is 1140 g/mol. The summed E-state index contributed by atoms with van der Waals surface area (Å²) in [5.41, 5.74) is 10.7. The molecule has 0 bridgehead atoms. The van der Waals surface area contributed by atoms with Crippen molar-refractivity contribution in [2.75, 3.05) is 0 Å². The van der Waals surface area contributed by atoms with E-state index in [0.29, 0.717) is 10.7 Å². The van der Waals surface area contributed by atoms with Crippen LogP contribution in [0.4, 0.5) is 0 Å². The summed E-state index contributed by atoms with van der Waals surface area (Å²) < 4.78 is 8.19. The first-order valence-corrected chi connectivity index (χ1v) is 29.3. The first-order chi connectivity index (χ1) is 40.1. The third-order valence-corrected chi connectivity index (χ3v) is 18.3. The molecule has 0 atom stereocenters. The fraction of sp³-hybridized carbons (Fsp3) is 0. The highest BCUT2D eigenvalue weighted by Gasteiger charge is 2.24. The first-order valence-electron chi connectivity index (χ1n) is 26.9. The zero-order chi connectivity index (χ0) is 53.5. The molecule has 0 saturated carbocycles. The minimum Gasteiger partial charge on any atom is -0.353 e. The van der Waals surface area contributed by atoms with Crippen molar-refractivity contribution < 1.29 is 0 Å². The number of aromatic amines is 1. The van der Waals surface area contributed by atoms with Gasteiger partial charge >= 0.3 is 0 Å². The molecule has 6 heterocycles. The van der Waals surface area contributed by atoms with Crippen LogP contribution in [0.15, 0.2) is 260 Å². The summed E-state index contributed by atoms with van der Waals surface area (Å²) in [7, 11) is 0. The van der Waals surface area contributed by atoms with Crippen molar-refractivity contribution in [3.05, 3.63) is 260 Å². The third kappa shape index (κ3) is 7.72. The van der Waals surface area contributed by atoms with Gasteiger partial charge < -0.3 is 4.98 Å². The lowest BCUT2D eigenvalue weighted by Gasteiger charge is -2.12. The topological polar surface area (TPSA) is 72.3 Å². The molecule has 0 amide bonds. The minimum atomic E-state index is 0.620. The molecule has 0 aliphatic heterocycles. The van der Waals surface area contributed by atoms with Crippen LogP contribution < -0.4 is 0 Å². The number of rotatable bonds is 3. The maximum absolute atomic E-state index is 5.31. The van der Waals surface area contributed by atoms with E-state index in [1.54, 1.807) is 0 Å². The van der Waals surface area contributed by atoms with Crippen molar-refractivity contribution in [2.24, 2.45) is 0 Å². The van der Waals surface area contributed by atoms with Crippen molar-refractivity contribution in [1.82, 2.24) is 29.5 Å². The molecule has 0 saturated heterocycles. The van der Waals surface area contributed by atoms with Crippen LogP contribution in [-0.2, 0) is 0 Å². The van der Waals surface area contributed by atoms with Crippen LogP contribution in [0.1, 0.15) is 0 Å². The molecule has 9 heteroatoms. The molecular formula is C72H43BrN6S2. The Hall–Kier alpha value is -9.64. The molecule has 0 radical (unpaired) electrons. The molecule has 18 rings (SSSR count). The fourth-order valence-electron chi connectivity index (χ4n) is 12.2. The fourth-order valence-corrected chi connectivity index (χ4v) is 15.0. The van der Waals surface area contributed by atoms with Crippen LogP contribution in [0.5, 0.6) is 0 Å². The van der Waals surface area contributed by atoms with Crippen molar-refractivity contribution in [3.63, 3.8) is 0 Å². The Kier molecular flexibility index (Phi) is 11.3. The number of halogens is 1. The molecule has 6 nitrogen and oxygen atoms in total. The summed E-state index contributed by atoms with van der Waals surface area (Å²) in [6.07, 6.45) is 0. The Balaban J connectivity index is 0.000000112. The van der Waals surface area contributed by atoms with Crippen molar-refractivity contribution in [2.45, 2.75) is 0 Å². The molecule has 380 valence electrons. The molecule has 12 aromatic carbocycles. The Morgan fingerprint density at radius 2 is 0.765 bits per heavy atom. The van der Waals surface area contributed by atoms with E-state index in [-0.39, 0.29) is 0 Å². The number of thiophene rings is 2. The molecule has 0 unspecified atom stereocenters. The highest BCUT2D eigenvalue weighted by molar-refractivity contribution is 9.10. The molecule has 0 aliphatic carbocycles. The second-order valence-corrected chi connectivity index (χ2v) is 23.0. The second-order valence-electron chi connectivity index (χ2n) is 20.2. The number of hydrogen-bond donors (Lipinski definition) is 1. The van der Waals surface area contributed by atoms with Crippen LogP contribution in [0, 0.1) is 0 Å². The lowest BCUT2D eigenvalue weighted by atomic mass is 9.99. The van der Waals surface area contributed by atoms with Gasteiger partial charge in [0, 0.05) is 79.9 Å². The number of aromatic nitrogens is 6. The summed E-state index contributed by atoms with van der Waals surface area (Å²) in [4.78, 5) is 23.0. The smallest absolute Gasteiger partial charge is 0.235 e. The van der Waals surface area contributed by atoms with Crippen LogP contribution in [-0.4, -0.2) is 29.5 Å². The molecule has 0 spiro atoms. The van der Waals surface area contributed by atoms with E-state index in [9.17, 15) is 0 Å². The van der Waals surface area contributed by atoms with Gasteiger partial charge in [0.05, 0.1) is 48.4 Å². The number of fused-ring (bicyclic) bond motifs is 22. The second kappa shape index (κ2) is 19.3. The molecule has 18 aromatic rings. The van der Waals surface area contributed by atoms with Crippen molar-refractivity contribution in [3.8, 4) is 28.5 Å². The van der Waals surface area contributed by atoms with Crippen LogP contribution in [0.3, 0.4) is 0 Å². The number of nitrogens with zero attached hydrogens (tertiary/aromatic N) is 5. The van der Waals surface area contributed by atoms with Crippen LogP contribution >= 0.6 is 38.6 Å². The lowest BCUT2D eigenvalue weighted by molar-refractivity contribution is 1.02. The average Bonchev–Trinajstić information content (AvgIpc) is 4.46. The summed E-state index contributed by atoms with van der Waals surface area (Å²) in [6, 6.07) is 89.3. The van der Waals surface area contributed by atoms with E-state index in [0.717, 1.165) is 49.8 Å². The van der Waals surface area contributed by atoms with Gasteiger partial charge in [-0.25, -0.2) is 19.9 Å². The molecule has 6 aromatic heterocycles. The summed E-state index contributed by atoms with van der Waals surface area (Å²) in [6.45, 7) is 0. The van der Waals surface area contributed by atoms with Crippen molar-refractivity contribution >= 4 is 166 Å². The Morgan fingerprint density at radius 3 is 1.38 bits per heavy atom. The highest BCUT2D eigenvalue weighted by atomic mass is 79.9. The number of nitrogens with one attached hydrogen (secondary N) is 1. The molecule has 81 heavy (non-hydrogen) atoms. The molecule has 0 aliphatic rings. The van der Waals surface area contributed by atoms with E-state index in [4.69, 9.17) is 9.97 Å². The Labute approximate surface area is 480 Å². The third-order valence-electron chi connectivity index (χ3n) is 15.6. The van der Waals surface area contributed by atoms with Crippen LogP contribution in [0.25, 0.3) is 156 Å². The number of H-pyrrole nitrogens is 1. The first kappa shape index (κ1) is 47.4. The SMILES string of the molecule is Brc1nc(-c2ccccc2)c2ccccc2n1.c1ccc(-c2nc(-n3c4ccccc4c4c5ccccc5c5c6ccccc6sc5c43)nc3ccccc23)cc1.c1ccc2c(c1)[nH]c1c3sc4ccccc4c3c3ccccc3c21. The minimum absolute atomic E-state index is 0.620. The maximum Gasteiger partial charge on any atom is 0.235 e. The van der Waals surface area contributed by atoms with Gasteiger partial charge in [-0.3, -0.25) is 4.57 Å². The Bertz CT molecular complexity index is 5400. The van der Waals surface area contributed by atoms with E-state index < -0.39 is 0 Å². The highest BCUT2D eigenvalue weighted by Crippen LogP contribution is 2.49. The van der Waals surface area contributed by atoms with Crippen LogP contribution in [0.2, 0.25) is 0 Å². The largest absolute Gasteiger partial charge is 0.353 e. The molecule has 1 N–H and O–H groups in total. The molecular weight excluding hydrogens is 1090 g/mol. The number of benzene rings is 12. The van der Waals surface area contributed by atoms with E-state index in [2.05, 4.69) is 242 Å². The van der Waals surface area contributed by atoms with E-state index >= 15 is 0 Å². The molecule has 0 fully saturated rings. The summed E-state index contributed by atoms with van der Waals surface area (Å²) in [5.74, 6) is 0.692. The van der Waals surface area contributed by atoms with Gasteiger partial charge in [-0.05, 0) is 73.9 Å². The van der Waals surface area contributed by atoms with Gasteiger partial charge in [0.25, 0.3) is 0 Å². The lowest BCUT2D eigenvalue weighted by Crippen LogP contribution is -2.03. The monoisotopic (exact) mass is 1130 g/mol. The quantitative estimate of drug-likeness (QED) is 0.179. The standard InChI is InChI=1S/C36H21N3S.C22H13NS.C14H9BrN2/c1-2-12-22(13-3-1)33-25-16-6-9-19-28(25)37-36(38-33)39-29-20-10-7-17-26(29)31-23-14-4-5-15-24(23)32-27-18-8-11-21-30(27)40-35(32)34(31)39;1-2-8-14-13(7-1)19-15-9-3-5-11-17(15)23-21(19)22-20(14)16-10-4-6-12-18(16)24-22;15-14-16-12-9-5-4-8-11(12)13(17-14)10-6-2-1-3-7-10/h1-21H;1-12,23H;1-9H. The van der Waals surface area contributed by atoms with E-state index in [1.165, 1.54) is 100.0 Å². The number of hydrogen-bond acceptors (Lipinski definition) is 6. The maximum atomic E-state index is 5.31. The van der Waals surface area contributed by atoms with Gasteiger partial charge in [-0.15, -0.1) is 22.7 Å². The van der Waals surface area contributed by atoms with Crippen molar-refractivity contribution in [1.29, 1.82) is 0 Å². The van der Waals surface area contributed by atoms with Gasteiger partial charge in [-0.1, -0.05) is 218 Å². The van der Waals surface area contributed by atoms with Gasteiger partial charge in [-0.2, -0.15) is 0 Å². The van der Waals surface area contributed by atoms with Gasteiger partial charge in [0.15, 0.2) is 4.73 Å². The van der Waals surface area contributed by atoms with E-state index in [1.807, 2.05) is 71.2 Å². The van der Waals surface area contributed by atoms with Gasteiger partial charge in [0.2, 0.25) is 5.95 Å². The zero-order valence-electron chi connectivity index (χ0n) is 43.2. The summed E-state index contributed by atoms with van der Waals surface area (Å²) >= 11 is 7.11. The normalized spacial score (nSPS) is 11.8. The van der Waals surface area contributed by atoms with Gasteiger partial charge in [0.1, 0.15) is 0 Å². The predicted octanol–water partition coefficient (Wildman–Crippen LogP) is 20.8. The summed E-state index contributed by atoms with van der Waals surface area (Å²) in [5, 5.41) is 17.8. The predicted molar refractivity (Wildman–Crippen MR) is 349 cm³/mol.